The molecule has 1 amide bonds. The molecule has 0 fully saturated rings. The highest BCUT2D eigenvalue weighted by molar-refractivity contribution is 7.89. The lowest BCUT2D eigenvalue weighted by Crippen LogP contribution is -2.45. The second kappa shape index (κ2) is 9.43. The number of carbonyl (C=O) groups is 2. The van der Waals surface area contributed by atoms with Gasteiger partial charge in [-0.2, -0.15) is 4.72 Å². The zero-order valence-corrected chi connectivity index (χ0v) is 16.2. The van der Waals surface area contributed by atoms with E-state index in [4.69, 9.17) is 4.74 Å². The zero-order chi connectivity index (χ0) is 20.7. The van der Waals surface area contributed by atoms with Gasteiger partial charge in [0.2, 0.25) is 10.0 Å². The molecule has 0 saturated heterocycles. The quantitative estimate of drug-likeness (QED) is 0.653. The Balaban J connectivity index is 1.98. The fourth-order valence-electron chi connectivity index (χ4n) is 2.28. The van der Waals surface area contributed by atoms with Crippen LogP contribution in [0, 0.1) is 11.7 Å². The maximum absolute atomic E-state index is 13.1. The molecule has 150 valence electrons. The van der Waals surface area contributed by atoms with Gasteiger partial charge in [-0.15, -0.1) is 0 Å². The summed E-state index contributed by atoms with van der Waals surface area (Å²) < 4.78 is 45.2. The fourth-order valence-corrected chi connectivity index (χ4v) is 3.64. The molecule has 9 heteroatoms. The van der Waals surface area contributed by atoms with E-state index in [1.54, 1.807) is 32.0 Å². The third-order valence-electron chi connectivity index (χ3n) is 3.71. The van der Waals surface area contributed by atoms with Gasteiger partial charge < -0.3 is 10.1 Å². The third kappa shape index (κ3) is 6.14. The van der Waals surface area contributed by atoms with E-state index in [0.717, 1.165) is 6.07 Å². The minimum absolute atomic E-state index is 0.0114. The summed E-state index contributed by atoms with van der Waals surface area (Å²) in [6, 6.07) is 11.7. The van der Waals surface area contributed by atoms with Crippen molar-refractivity contribution in [2.24, 2.45) is 5.92 Å². The molecular formula is C19H21FN2O5S. The van der Waals surface area contributed by atoms with Gasteiger partial charge in [0.25, 0.3) is 5.91 Å². The van der Waals surface area contributed by atoms with Gasteiger partial charge in [0.05, 0.1) is 4.90 Å². The molecular weight excluding hydrogens is 387 g/mol. The molecule has 2 aromatic carbocycles. The van der Waals surface area contributed by atoms with Crippen molar-refractivity contribution in [1.29, 1.82) is 0 Å². The molecule has 0 bridgehead atoms. The van der Waals surface area contributed by atoms with Gasteiger partial charge in [-0.1, -0.05) is 38.1 Å². The number of amides is 1. The molecule has 2 N–H and O–H groups in total. The molecule has 0 unspecified atom stereocenters. The molecule has 0 aliphatic carbocycles. The molecule has 7 nitrogen and oxygen atoms in total. The lowest BCUT2D eigenvalue weighted by atomic mass is 10.1. The molecule has 1 atom stereocenters. The number of sulfonamides is 1. The Labute approximate surface area is 163 Å². The van der Waals surface area contributed by atoms with Crippen LogP contribution < -0.4 is 10.0 Å². The van der Waals surface area contributed by atoms with Gasteiger partial charge in [-0.3, -0.25) is 9.59 Å². The van der Waals surface area contributed by atoms with Crippen LogP contribution in [0.3, 0.4) is 0 Å². The van der Waals surface area contributed by atoms with Crippen LogP contribution in [0.2, 0.25) is 0 Å². The Morgan fingerprint density at radius 3 is 2.36 bits per heavy atom. The number of ether oxygens (including phenoxy) is 1. The van der Waals surface area contributed by atoms with Crippen LogP contribution in [0.4, 0.5) is 10.1 Å². The van der Waals surface area contributed by atoms with Crippen LogP contribution >= 0.6 is 0 Å². The fraction of sp³-hybridized carbons (Fsp3) is 0.263. The molecule has 0 aliphatic heterocycles. The number of benzene rings is 2. The average molecular weight is 408 g/mol. The largest absolute Gasteiger partial charge is 0.454 e. The number of anilines is 1. The third-order valence-corrected chi connectivity index (χ3v) is 5.17. The predicted molar refractivity (Wildman–Crippen MR) is 101 cm³/mol. The van der Waals surface area contributed by atoms with Gasteiger partial charge in [0, 0.05) is 5.69 Å². The predicted octanol–water partition coefficient (Wildman–Crippen LogP) is 2.31. The van der Waals surface area contributed by atoms with Crippen molar-refractivity contribution in [3.8, 4) is 0 Å². The van der Waals surface area contributed by atoms with Crippen molar-refractivity contribution in [3.63, 3.8) is 0 Å². The minimum Gasteiger partial charge on any atom is -0.454 e. The van der Waals surface area contributed by atoms with Crippen molar-refractivity contribution in [3.05, 3.63) is 60.4 Å². The van der Waals surface area contributed by atoms with Crippen LogP contribution in [0.1, 0.15) is 13.8 Å². The number of nitrogens with one attached hydrogen (secondary N) is 2. The van der Waals surface area contributed by atoms with Crippen molar-refractivity contribution < 1.29 is 27.1 Å². The lowest BCUT2D eigenvalue weighted by molar-refractivity contribution is -0.150. The van der Waals surface area contributed by atoms with Gasteiger partial charge in [0.1, 0.15) is 11.9 Å². The van der Waals surface area contributed by atoms with E-state index in [0.29, 0.717) is 0 Å². The first kappa shape index (κ1) is 21.5. The normalized spacial score (nSPS) is 12.4. The summed E-state index contributed by atoms with van der Waals surface area (Å²) >= 11 is 0. The summed E-state index contributed by atoms with van der Waals surface area (Å²) in [6.07, 6.45) is 0. The first-order chi connectivity index (χ1) is 13.2. The number of carbonyl (C=O) groups excluding carboxylic acids is 2. The molecule has 0 spiro atoms. The van der Waals surface area contributed by atoms with E-state index in [1.807, 2.05) is 0 Å². The summed E-state index contributed by atoms with van der Waals surface area (Å²) in [4.78, 5) is 24.2. The van der Waals surface area contributed by atoms with E-state index in [1.165, 1.54) is 30.3 Å². The highest BCUT2D eigenvalue weighted by Gasteiger charge is 2.30. The number of rotatable bonds is 8. The van der Waals surface area contributed by atoms with Crippen molar-refractivity contribution in [2.75, 3.05) is 11.9 Å². The van der Waals surface area contributed by atoms with Gasteiger partial charge >= 0.3 is 5.97 Å². The molecule has 2 rings (SSSR count). The summed E-state index contributed by atoms with van der Waals surface area (Å²) in [6.45, 7) is 2.66. The second-order valence-electron chi connectivity index (χ2n) is 6.32. The SMILES string of the molecule is CC(C)[C@@H](NS(=O)(=O)c1ccccc1)C(=O)OCC(=O)Nc1cccc(F)c1. The number of esters is 1. The zero-order valence-electron chi connectivity index (χ0n) is 15.4. The molecule has 0 aliphatic rings. The topological polar surface area (TPSA) is 102 Å². The monoisotopic (exact) mass is 408 g/mol. The Bertz CT molecular complexity index is 932. The van der Waals surface area contributed by atoms with E-state index in [-0.39, 0.29) is 10.6 Å². The number of halogens is 1. The van der Waals surface area contributed by atoms with Crippen LogP contribution in [-0.4, -0.2) is 32.9 Å². The first-order valence-corrected chi connectivity index (χ1v) is 9.97. The summed E-state index contributed by atoms with van der Waals surface area (Å²) in [5, 5.41) is 2.39. The van der Waals surface area contributed by atoms with Crippen LogP contribution in [0.5, 0.6) is 0 Å². The molecule has 0 radical (unpaired) electrons. The van der Waals surface area contributed by atoms with E-state index in [9.17, 15) is 22.4 Å². The first-order valence-electron chi connectivity index (χ1n) is 8.48. The number of hydrogen-bond acceptors (Lipinski definition) is 5. The second-order valence-corrected chi connectivity index (χ2v) is 8.04. The molecule has 0 aromatic heterocycles. The Morgan fingerprint density at radius 1 is 1.07 bits per heavy atom. The average Bonchev–Trinajstić information content (AvgIpc) is 2.65. The van der Waals surface area contributed by atoms with Gasteiger partial charge in [-0.25, -0.2) is 12.8 Å². The summed E-state index contributed by atoms with van der Waals surface area (Å²) in [5.41, 5.74) is 0.214. The summed E-state index contributed by atoms with van der Waals surface area (Å²) in [7, 11) is -3.93. The van der Waals surface area contributed by atoms with Crippen LogP contribution in [0.25, 0.3) is 0 Å². The van der Waals surface area contributed by atoms with E-state index < -0.39 is 46.3 Å². The maximum atomic E-state index is 13.1. The highest BCUT2D eigenvalue weighted by atomic mass is 32.2. The van der Waals surface area contributed by atoms with Crippen molar-refractivity contribution >= 4 is 27.6 Å². The van der Waals surface area contributed by atoms with E-state index in [2.05, 4.69) is 10.0 Å². The molecule has 2 aromatic rings. The van der Waals surface area contributed by atoms with Gasteiger partial charge in [-0.05, 0) is 36.2 Å². The highest BCUT2D eigenvalue weighted by Crippen LogP contribution is 2.13. The molecule has 0 heterocycles. The Kier molecular flexibility index (Phi) is 7.24. The molecule has 0 saturated carbocycles. The standard InChI is InChI=1S/C19H21FN2O5S/c1-13(2)18(22-28(25,26)16-9-4-3-5-10-16)19(24)27-12-17(23)21-15-8-6-7-14(20)11-15/h3-11,13,18,22H,12H2,1-2H3,(H,21,23)/t18-/m1/s1. The summed E-state index contributed by atoms with van der Waals surface area (Å²) in [5.74, 6) is -2.50. The van der Waals surface area contributed by atoms with Crippen molar-refractivity contribution in [2.45, 2.75) is 24.8 Å². The number of hydrogen-bond donors (Lipinski definition) is 2. The van der Waals surface area contributed by atoms with Crippen molar-refractivity contribution in [1.82, 2.24) is 4.72 Å². The van der Waals surface area contributed by atoms with E-state index >= 15 is 0 Å². The molecule has 28 heavy (non-hydrogen) atoms. The maximum Gasteiger partial charge on any atom is 0.324 e. The smallest absolute Gasteiger partial charge is 0.324 e. The van der Waals surface area contributed by atoms with Crippen LogP contribution in [-0.2, 0) is 24.3 Å². The lowest BCUT2D eigenvalue weighted by Gasteiger charge is -2.20. The van der Waals surface area contributed by atoms with Crippen LogP contribution in [0.15, 0.2) is 59.5 Å². The van der Waals surface area contributed by atoms with Gasteiger partial charge in [0.15, 0.2) is 6.61 Å². The Hall–Kier alpha value is -2.78. The minimum atomic E-state index is -3.93. The Morgan fingerprint density at radius 2 is 1.75 bits per heavy atom.